The number of benzene rings is 6. The van der Waals surface area contributed by atoms with Crippen LogP contribution in [0.1, 0.15) is 0 Å². The number of aryl methyl sites for hydroxylation is 2. The van der Waals surface area contributed by atoms with Gasteiger partial charge in [0.25, 0.3) is 0 Å². The Labute approximate surface area is 279 Å². The molecule has 2 aromatic heterocycles. The van der Waals surface area contributed by atoms with E-state index in [0.717, 1.165) is 61.4 Å². The van der Waals surface area contributed by atoms with Crippen molar-refractivity contribution in [2.75, 3.05) is 0 Å². The standard InChI is InChI=1S/C43H32N4O/c1-46-40-15-9-14-37(41(40)47(2)43(46)48)33-22-16-31(17-23-33)32-20-26-35(27-21-32)39-28-38(44-42(45-39)36-12-7-4-8-13-36)34-24-18-30(19-25-34)29-10-5-3-6-11-29/h3-28H,1-2H3. The number of nitrogens with zero attached hydrogens (tertiary/aromatic N) is 4. The van der Waals surface area contributed by atoms with Crippen molar-refractivity contribution in [1.29, 1.82) is 0 Å². The van der Waals surface area contributed by atoms with Crippen LogP contribution in [0, 0.1) is 0 Å². The topological polar surface area (TPSA) is 52.7 Å². The Morgan fingerprint density at radius 3 is 1.38 bits per heavy atom. The lowest BCUT2D eigenvalue weighted by atomic mass is 9.98. The predicted octanol–water partition coefficient (Wildman–Crippen LogP) is 9.67. The molecule has 0 aliphatic carbocycles. The van der Waals surface area contributed by atoms with Crippen LogP contribution in [-0.4, -0.2) is 19.1 Å². The molecule has 0 N–H and O–H groups in total. The minimum Gasteiger partial charge on any atom is -0.295 e. The van der Waals surface area contributed by atoms with Crippen LogP contribution in [0.3, 0.4) is 0 Å². The summed E-state index contributed by atoms with van der Waals surface area (Å²) in [6, 6.07) is 54.3. The Balaban J connectivity index is 1.12. The van der Waals surface area contributed by atoms with Crippen molar-refractivity contribution in [3.8, 4) is 67.3 Å². The zero-order valence-electron chi connectivity index (χ0n) is 26.7. The number of hydrogen-bond donors (Lipinski definition) is 0. The van der Waals surface area contributed by atoms with E-state index in [1.807, 2.05) is 62.6 Å². The van der Waals surface area contributed by atoms with E-state index in [1.165, 1.54) is 11.1 Å². The second-order valence-electron chi connectivity index (χ2n) is 12.0. The molecule has 5 heteroatoms. The fourth-order valence-corrected chi connectivity index (χ4v) is 6.41. The summed E-state index contributed by atoms with van der Waals surface area (Å²) in [5.41, 5.74) is 13.3. The van der Waals surface area contributed by atoms with Gasteiger partial charge >= 0.3 is 5.69 Å². The second kappa shape index (κ2) is 12.1. The van der Waals surface area contributed by atoms with Crippen LogP contribution in [0.15, 0.2) is 163 Å². The van der Waals surface area contributed by atoms with Crippen LogP contribution in [-0.2, 0) is 14.1 Å². The molecule has 0 spiro atoms. The zero-order chi connectivity index (χ0) is 32.6. The maximum Gasteiger partial charge on any atom is 0.328 e. The van der Waals surface area contributed by atoms with Crippen molar-refractivity contribution in [1.82, 2.24) is 19.1 Å². The molecule has 6 aromatic carbocycles. The number of hydrogen-bond acceptors (Lipinski definition) is 3. The number of para-hydroxylation sites is 1. The summed E-state index contributed by atoms with van der Waals surface area (Å²) in [4.78, 5) is 22.6. The summed E-state index contributed by atoms with van der Waals surface area (Å²) in [6.07, 6.45) is 0. The minimum absolute atomic E-state index is 0.0261. The summed E-state index contributed by atoms with van der Waals surface area (Å²) in [5, 5.41) is 0. The van der Waals surface area contributed by atoms with Gasteiger partial charge in [-0.15, -0.1) is 0 Å². The Hall–Kier alpha value is -6.33. The molecule has 0 aliphatic heterocycles. The van der Waals surface area contributed by atoms with Gasteiger partial charge in [0, 0.05) is 36.3 Å². The average Bonchev–Trinajstić information content (AvgIpc) is 3.39. The third-order valence-corrected chi connectivity index (χ3v) is 9.04. The molecule has 0 aliphatic rings. The fourth-order valence-electron chi connectivity index (χ4n) is 6.41. The monoisotopic (exact) mass is 620 g/mol. The lowest BCUT2D eigenvalue weighted by molar-refractivity contribution is 0.795. The molecule has 5 nitrogen and oxygen atoms in total. The zero-order valence-corrected chi connectivity index (χ0v) is 26.7. The van der Waals surface area contributed by atoms with Crippen LogP contribution in [0.5, 0.6) is 0 Å². The molecule has 0 saturated carbocycles. The first-order valence-corrected chi connectivity index (χ1v) is 16.0. The van der Waals surface area contributed by atoms with Crippen molar-refractivity contribution < 1.29 is 0 Å². The lowest BCUT2D eigenvalue weighted by Gasteiger charge is -2.11. The van der Waals surface area contributed by atoms with Gasteiger partial charge in [0.05, 0.1) is 22.4 Å². The first kappa shape index (κ1) is 29.1. The largest absolute Gasteiger partial charge is 0.328 e. The van der Waals surface area contributed by atoms with E-state index in [1.54, 1.807) is 9.13 Å². The van der Waals surface area contributed by atoms with E-state index >= 15 is 0 Å². The smallest absolute Gasteiger partial charge is 0.295 e. The highest BCUT2D eigenvalue weighted by Gasteiger charge is 2.14. The summed E-state index contributed by atoms with van der Waals surface area (Å²) in [5.74, 6) is 0.695. The molecule has 0 saturated heterocycles. The molecule has 0 unspecified atom stereocenters. The van der Waals surface area contributed by atoms with Crippen LogP contribution >= 0.6 is 0 Å². The Morgan fingerprint density at radius 2 is 0.854 bits per heavy atom. The van der Waals surface area contributed by atoms with Crippen LogP contribution in [0.2, 0.25) is 0 Å². The summed E-state index contributed by atoms with van der Waals surface area (Å²) < 4.78 is 3.42. The van der Waals surface area contributed by atoms with E-state index in [-0.39, 0.29) is 5.69 Å². The van der Waals surface area contributed by atoms with Gasteiger partial charge in [-0.3, -0.25) is 9.13 Å². The van der Waals surface area contributed by atoms with E-state index in [0.29, 0.717) is 5.82 Å². The molecule has 0 radical (unpaired) electrons. The number of imidazole rings is 1. The molecular weight excluding hydrogens is 589 g/mol. The lowest BCUT2D eigenvalue weighted by Crippen LogP contribution is -2.19. The molecule has 48 heavy (non-hydrogen) atoms. The molecule has 0 bridgehead atoms. The normalized spacial score (nSPS) is 11.2. The molecular formula is C43H32N4O. The van der Waals surface area contributed by atoms with Gasteiger partial charge < -0.3 is 0 Å². The quantitative estimate of drug-likeness (QED) is 0.186. The number of fused-ring (bicyclic) bond motifs is 1. The van der Waals surface area contributed by atoms with Gasteiger partial charge in [-0.1, -0.05) is 146 Å². The second-order valence-corrected chi connectivity index (χ2v) is 12.0. The highest BCUT2D eigenvalue weighted by molar-refractivity contribution is 5.93. The Morgan fingerprint density at radius 1 is 0.417 bits per heavy atom. The maximum absolute atomic E-state index is 12.6. The van der Waals surface area contributed by atoms with Crippen molar-refractivity contribution in [3.05, 3.63) is 168 Å². The molecule has 0 atom stereocenters. The van der Waals surface area contributed by atoms with Gasteiger partial charge in [0.1, 0.15) is 0 Å². The van der Waals surface area contributed by atoms with Crippen LogP contribution in [0.4, 0.5) is 0 Å². The van der Waals surface area contributed by atoms with E-state index in [2.05, 4.69) is 109 Å². The fraction of sp³-hybridized carbons (Fsp3) is 0.0465. The van der Waals surface area contributed by atoms with Crippen molar-refractivity contribution in [3.63, 3.8) is 0 Å². The van der Waals surface area contributed by atoms with Crippen molar-refractivity contribution in [2.24, 2.45) is 14.1 Å². The molecule has 2 heterocycles. The third kappa shape index (κ3) is 5.31. The van der Waals surface area contributed by atoms with E-state index < -0.39 is 0 Å². The summed E-state index contributed by atoms with van der Waals surface area (Å²) in [7, 11) is 3.64. The van der Waals surface area contributed by atoms with Crippen molar-refractivity contribution >= 4 is 11.0 Å². The molecule has 230 valence electrons. The van der Waals surface area contributed by atoms with Gasteiger partial charge in [0.15, 0.2) is 5.82 Å². The molecule has 0 fully saturated rings. The third-order valence-electron chi connectivity index (χ3n) is 9.04. The molecule has 0 amide bonds. The van der Waals surface area contributed by atoms with Gasteiger partial charge in [0.2, 0.25) is 0 Å². The average molecular weight is 621 g/mol. The van der Waals surface area contributed by atoms with E-state index in [9.17, 15) is 4.79 Å². The number of aromatic nitrogens is 4. The van der Waals surface area contributed by atoms with Crippen molar-refractivity contribution in [2.45, 2.75) is 0 Å². The maximum atomic E-state index is 12.6. The SMILES string of the molecule is Cn1c(=O)n(C)c2c(-c3ccc(-c4ccc(-c5cc(-c6ccc(-c7ccccc7)cc6)nc(-c6ccccc6)n5)cc4)cc3)cccc21. The number of rotatable bonds is 6. The Bertz CT molecular complexity index is 2440. The van der Waals surface area contributed by atoms with Gasteiger partial charge in [-0.2, -0.15) is 0 Å². The highest BCUT2D eigenvalue weighted by Crippen LogP contribution is 2.33. The van der Waals surface area contributed by atoms with Crippen LogP contribution < -0.4 is 5.69 Å². The van der Waals surface area contributed by atoms with E-state index in [4.69, 9.17) is 9.97 Å². The Kier molecular flexibility index (Phi) is 7.35. The summed E-state index contributed by atoms with van der Waals surface area (Å²) in [6.45, 7) is 0. The first-order chi connectivity index (χ1) is 23.5. The van der Waals surface area contributed by atoms with Crippen LogP contribution in [0.25, 0.3) is 78.3 Å². The first-order valence-electron chi connectivity index (χ1n) is 16.0. The predicted molar refractivity (Wildman–Crippen MR) is 196 cm³/mol. The molecule has 8 rings (SSSR count). The minimum atomic E-state index is -0.0261. The molecule has 8 aromatic rings. The van der Waals surface area contributed by atoms with Gasteiger partial charge in [-0.25, -0.2) is 14.8 Å². The highest BCUT2D eigenvalue weighted by atomic mass is 16.1. The van der Waals surface area contributed by atoms with Gasteiger partial charge in [-0.05, 0) is 39.9 Å². The summed E-state index contributed by atoms with van der Waals surface area (Å²) >= 11 is 0.